The van der Waals surface area contributed by atoms with E-state index in [9.17, 15) is 4.79 Å². The molecule has 4 rings (SSSR count). The molecule has 0 aliphatic carbocycles. The average molecular weight is 415 g/mol. The number of anilines is 1. The SMILES string of the molecule is COc1cc(/C=C2/C(=O)Nc3ccc(Cl)cc32)ccc1OCCN1CCOCC1. The molecule has 1 N–H and O–H groups in total. The number of nitrogens with one attached hydrogen (secondary N) is 1. The minimum absolute atomic E-state index is 0.146. The predicted molar refractivity (Wildman–Crippen MR) is 114 cm³/mol. The van der Waals surface area contributed by atoms with Crippen molar-refractivity contribution in [3.05, 3.63) is 52.5 Å². The van der Waals surface area contributed by atoms with Crippen molar-refractivity contribution in [3.63, 3.8) is 0 Å². The zero-order valence-corrected chi connectivity index (χ0v) is 17.0. The van der Waals surface area contributed by atoms with Crippen LogP contribution in [0.2, 0.25) is 5.02 Å². The van der Waals surface area contributed by atoms with Crippen LogP contribution in [-0.4, -0.2) is 57.4 Å². The lowest BCUT2D eigenvalue weighted by molar-refractivity contribution is -0.110. The third kappa shape index (κ3) is 4.56. The Morgan fingerprint density at radius 2 is 2.00 bits per heavy atom. The third-order valence-electron chi connectivity index (χ3n) is 5.03. The smallest absolute Gasteiger partial charge is 0.256 e. The van der Waals surface area contributed by atoms with Crippen LogP contribution in [-0.2, 0) is 9.53 Å². The van der Waals surface area contributed by atoms with Crippen molar-refractivity contribution >= 4 is 34.8 Å². The van der Waals surface area contributed by atoms with Crippen molar-refractivity contribution in [1.82, 2.24) is 4.90 Å². The molecule has 0 radical (unpaired) electrons. The highest BCUT2D eigenvalue weighted by atomic mass is 35.5. The number of ether oxygens (including phenoxy) is 3. The van der Waals surface area contributed by atoms with Gasteiger partial charge in [-0.1, -0.05) is 17.7 Å². The van der Waals surface area contributed by atoms with E-state index in [1.54, 1.807) is 19.2 Å². The van der Waals surface area contributed by atoms with Crippen LogP contribution < -0.4 is 14.8 Å². The van der Waals surface area contributed by atoms with Gasteiger partial charge < -0.3 is 19.5 Å². The molecule has 2 aromatic rings. The number of hydrogen-bond acceptors (Lipinski definition) is 5. The Morgan fingerprint density at radius 3 is 2.79 bits per heavy atom. The monoisotopic (exact) mass is 414 g/mol. The van der Waals surface area contributed by atoms with Crippen molar-refractivity contribution in [2.24, 2.45) is 0 Å². The lowest BCUT2D eigenvalue weighted by Crippen LogP contribution is -2.38. The number of nitrogens with zero attached hydrogens (tertiary/aromatic N) is 1. The Labute approximate surface area is 175 Å². The van der Waals surface area contributed by atoms with Crippen molar-refractivity contribution in [2.75, 3.05) is 51.9 Å². The predicted octanol–water partition coefficient (Wildman–Crippen LogP) is 3.55. The first-order valence-corrected chi connectivity index (χ1v) is 9.96. The van der Waals surface area contributed by atoms with Crippen LogP contribution in [0, 0.1) is 0 Å². The number of hydrogen-bond donors (Lipinski definition) is 1. The summed E-state index contributed by atoms with van der Waals surface area (Å²) >= 11 is 6.10. The molecule has 2 aliphatic heterocycles. The van der Waals surface area contributed by atoms with Crippen molar-refractivity contribution in [3.8, 4) is 11.5 Å². The fourth-order valence-corrected chi connectivity index (χ4v) is 3.65. The number of halogens is 1. The molecule has 29 heavy (non-hydrogen) atoms. The number of rotatable bonds is 6. The largest absolute Gasteiger partial charge is 0.493 e. The molecule has 2 aromatic carbocycles. The van der Waals surface area contributed by atoms with E-state index in [1.807, 2.05) is 30.3 Å². The van der Waals surface area contributed by atoms with Gasteiger partial charge in [0.05, 0.1) is 20.3 Å². The van der Waals surface area contributed by atoms with E-state index in [0.29, 0.717) is 28.7 Å². The molecule has 152 valence electrons. The molecule has 0 bridgehead atoms. The normalized spacial score (nSPS) is 17.9. The number of morpholine rings is 1. The van der Waals surface area contributed by atoms with Gasteiger partial charge in [-0.25, -0.2) is 0 Å². The maximum Gasteiger partial charge on any atom is 0.256 e. The molecule has 7 heteroatoms. The molecule has 2 heterocycles. The third-order valence-corrected chi connectivity index (χ3v) is 5.27. The molecule has 0 unspecified atom stereocenters. The highest BCUT2D eigenvalue weighted by molar-refractivity contribution is 6.36. The quantitative estimate of drug-likeness (QED) is 0.732. The summed E-state index contributed by atoms with van der Waals surface area (Å²) in [5.41, 5.74) is 2.99. The highest BCUT2D eigenvalue weighted by Crippen LogP contribution is 2.36. The zero-order valence-electron chi connectivity index (χ0n) is 16.2. The fraction of sp³-hybridized carbons (Fsp3) is 0.318. The highest BCUT2D eigenvalue weighted by Gasteiger charge is 2.24. The second-order valence-corrected chi connectivity index (χ2v) is 7.35. The van der Waals surface area contributed by atoms with E-state index in [-0.39, 0.29) is 5.91 Å². The first-order chi connectivity index (χ1) is 14.1. The first-order valence-electron chi connectivity index (χ1n) is 9.58. The lowest BCUT2D eigenvalue weighted by atomic mass is 10.0. The van der Waals surface area contributed by atoms with Crippen LogP contribution in [0.1, 0.15) is 11.1 Å². The number of carbonyl (C=O) groups is 1. The van der Waals surface area contributed by atoms with Gasteiger partial charge in [-0.05, 0) is 42.0 Å². The van der Waals surface area contributed by atoms with Crippen molar-refractivity contribution in [1.29, 1.82) is 0 Å². The number of fused-ring (bicyclic) bond motifs is 1. The van der Waals surface area contributed by atoms with E-state index >= 15 is 0 Å². The van der Waals surface area contributed by atoms with Crippen molar-refractivity contribution < 1.29 is 19.0 Å². The molecule has 1 saturated heterocycles. The van der Waals surface area contributed by atoms with Gasteiger partial charge in [0.15, 0.2) is 11.5 Å². The zero-order chi connectivity index (χ0) is 20.2. The van der Waals surface area contributed by atoms with E-state index in [1.165, 1.54) is 0 Å². The van der Waals surface area contributed by atoms with Gasteiger partial charge in [-0.3, -0.25) is 9.69 Å². The molecule has 6 nitrogen and oxygen atoms in total. The van der Waals surface area contributed by atoms with Crippen LogP contribution in [0.25, 0.3) is 11.6 Å². The lowest BCUT2D eigenvalue weighted by Gasteiger charge is -2.26. The summed E-state index contributed by atoms with van der Waals surface area (Å²) in [6, 6.07) is 11.0. The van der Waals surface area contributed by atoms with Crippen LogP contribution in [0.3, 0.4) is 0 Å². The maximum atomic E-state index is 12.4. The van der Waals surface area contributed by atoms with Gasteiger partial charge in [0.2, 0.25) is 0 Å². The summed E-state index contributed by atoms with van der Waals surface area (Å²) in [7, 11) is 1.61. The molecule has 0 aromatic heterocycles. The molecule has 0 atom stereocenters. The summed E-state index contributed by atoms with van der Waals surface area (Å²) in [4.78, 5) is 14.7. The molecule has 1 amide bonds. The molecule has 1 fully saturated rings. The Bertz CT molecular complexity index is 938. The summed E-state index contributed by atoms with van der Waals surface area (Å²) < 4.78 is 16.8. The molecule has 0 saturated carbocycles. The van der Waals surface area contributed by atoms with Crippen LogP contribution in [0.4, 0.5) is 5.69 Å². The molecule has 2 aliphatic rings. The van der Waals surface area contributed by atoms with Gasteiger partial charge >= 0.3 is 0 Å². The van der Waals surface area contributed by atoms with Crippen molar-refractivity contribution in [2.45, 2.75) is 0 Å². The topological polar surface area (TPSA) is 60.0 Å². The van der Waals surface area contributed by atoms with Gasteiger partial charge in [-0.15, -0.1) is 0 Å². The summed E-state index contributed by atoms with van der Waals surface area (Å²) in [5.74, 6) is 1.17. The van der Waals surface area contributed by atoms with E-state index in [2.05, 4.69) is 10.2 Å². The Hall–Kier alpha value is -2.54. The minimum Gasteiger partial charge on any atom is -0.493 e. The van der Waals surface area contributed by atoms with Gasteiger partial charge in [0, 0.05) is 41.5 Å². The summed E-state index contributed by atoms with van der Waals surface area (Å²) in [6.07, 6.45) is 1.83. The van der Waals surface area contributed by atoms with Crippen LogP contribution >= 0.6 is 11.6 Å². The molecule has 0 spiro atoms. The van der Waals surface area contributed by atoms with E-state index in [4.69, 9.17) is 25.8 Å². The standard InChI is InChI=1S/C22H23ClN2O4/c1-27-21-13-15(2-5-20(21)29-11-8-25-6-9-28-10-7-25)12-18-17-14-16(23)3-4-19(17)24-22(18)26/h2-5,12-14H,6-11H2,1H3,(H,24,26)/b18-12+. The second-order valence-electron chi connectivity index (χ2n) is 6.91. The maximum absolute atomic E-state index is 12.4. The van der Waals surface area contributed by atoms with Gasteiger partial charge in [0.25, 0.3) is 5.91 Å². The Morgan fingerprint density at radius 1 is 1.17 bits per heavy atom. The number of carbonyl (C=O) groups excluding carboxylic acids is 1. The first kappa shape index (κ1) is 19.8. The van der Waals surface area contributed by atoms with Crippen LogP contribution in [0.15, 0.2) is 36.4 Å². The van der Waals surface area contributed by atoms with Gasteiger partial charge in [-0.2, -0.15) is 0 Å². The number of benzene rings is 2. The van der Waals surface area contributed by atoms with E-state index in [0.717, 1.165) is 49.7 Å². The number of methoxy groups -OCH3 is 1. The summed E-state index contributed by atoms with van der Waals surface area (Å²) in [5, 5.41) is 3.45. The van der Waals surface area contributed by atoms with Crippen LogP contribution in [0.5, 0.6) is 11.5 Å². The number of amides is 1. The molecular weight excluding hydrogens is 392 g/mol. The second kappa shape index (κ2) is 8.86. The minimum atomic E-state index is -0.146. The Balaban J connectivity index is 1.49. The Kier molecular flexibility index (Phi) is 6.04. The fourth-order valence-electron chi connectivity index (χ4n) is 3.47. The summed E-state index contributed by atoms with van der Waals surface area (Å²) in [6.45, 7) is 4.82. The average Bonchev–Trinajstić information content (AvgIpc) is 3.04. The molecular formula is C22H23ClN2O4. The van der Waals surface area contributed by atoms with Gasteiger partial charge in [0.1, 0.15) is 6.61 Å². The van der Waals surface area contributed by atoms with E-state index < -0.39 is 0 Å².